The van der Waals surface area contributed by atoms with E-state index in [0.29, 0.717) is 40.2 Å². The van der Waals surface area contributed by atoms with Crippen LogP contribution in [0.5, 0.6) is 0 Å². The van der Waals surface area contributed by atoms with Crippen LogP contribution in [0, 0.1) is 11.8 Å². The second kappa shape index (κ2) is 11.1. The van der Waals surface area contributed by atoms with Crippen LogP contribution in [0.1, 0.15) is 62.7 Å². The van der Waals surface area contributed by atoms with Crippen LogP contribution in [0.3, 0.4) is 0 Å². The van der Waals surface area contributed by atoms with Gasteiger partial charge in [0.2, 0.25) is 5.91 Å². The molecule has 0 saturated carbocycles. The van der Waals surface area contributed by atoms with E-state index in [-0.39, 0.29) is 18.3 Å². The molecule has 8 heteroatoms. The van der Waals surface area contributed by atoms with E-state index in [0.717, 1.165) is 13.1 Å². The maximum absolute atomic E-state index is 13.4. The molecule has 176 valence electrons. The molecule has 1 aromatic carbocycles. The summed E-state index contributed by atoms with van der Waals surface area (Å²) >= 11 is 6.43. The van der Waals surface area contributed by atoms with Gasteiger partial charge in [0.05, 0.1) is 10.6 Å². The number of carboxylic acid groups (broad SMARTS) is 1. The third-order valence-corrected chi connectivity index (χ3v) is 7.33. The zero-order chi connectivity index (χ0) is 23.3. The van der Waals surface area contributed by atoms with Crippen molar-refractivity contribution >= 4 is 35.6 Å². The van der Waals surface area contributed by atoms with Crippen LogP contribution >= 0.6 is 11.6 Å². The van der Waals surface area contributed by atoms with E-state index in [2.05, 4.69) is 17.1 Å². The fraction of sp³-hybridized carbons (Fsp3) is 0.625. The van der Waals surface area contributed by atoms with Crippen molar-refractivity contribution in [2.75, 3.05) is 25.0 Å². The van der Waals surface area contributed by atoms with Gasteiger partial charge in [-0.15, -0.1) is 0 Å². The summed E-state index contributed by atoms with van der Waals surface area (Å²) in [6.07, 6.45) is 7.57. The molecular weight excluding hydrogens is 430 g/mol. The second-order valence-electron chi connectivity index (χ2n) is 9.10. The molecule has 2 bridgehead atoms. The number of carbonyl (C=O) groups excluding carboxylic acids is 2. The van der Waals surface area contributed by atoms with Crippen LogP contribution in [-0.2, 0) is 9.59 Å². The Hall–Kier alpha value is -2.12. The normalized spacial score (nSPS) is 26.9. The Bertz CT molecular complexity index is 833. The highest BCUT2D eigenvalue weighted by Gasteiger charge is 2.47. The Balaban J connectivity index is 0.000000913. The van der Waals surface area contributed by atoms with Crippen molar-refractivity contribution in [2.24, 2.45) is 11.8 Å². The van der Waals surface area contributed by atoms with Crippen molar-refractivity contribution in [3.63, 3.8) is 0 Å². The molecule has 0 spiro atoms. The lowest BCUT2D eigenvalue weighted by atomic mass is 9.71. The van der Waals surface area contributed by atoms with E-state index in [1.54, 1.807) is 18.2 Å². The maximum Gasteiger partial charge on any atom is 0.290 e. The Morgan fingerprint density at radius 2 is 1.97 bits per heavy atom. The fourth-order valence-corrected chi connectivity index (χ4v) is 6.17. The quantitative estimate of drug-likeness (QED) is 0.655. The number of halogens is 1. The molecule has 1 aromatic rings. The topological polar surface area (TPSA) is 90.0 Å². The minimum absolute atomic E-state index is 0.0265. The fourth-order valence-electron chi connectivity index (χ4n) is 5.91. The van der Waals surface area contributed by atoms with Crippen LogP contribution < -0.4 is 5.32 Å². The predicted octanol–water partition coefficient (Wildman–Crippen LogP) is 4.11. The molecule has 3 heterocycles. The van der Waals surface area contributed by atoms with Gasteiger partial charge in [-0.3, -0.25) is 19.3 Å². The summed E-state index contributed by atoms with van der Waals surface area (Å²) in [7, 11) is 0. The number of hydrogen-bond acceptors (Lipinski definition) is 4. The third kappa shape index (κ3) is 5.44. The lowest BCUT2D eigenvalue weighted by Gasteiger charge is -2.57. The van der Waals surface area contributed by atoms with Crippen LogP contribution in [0.2, 0.25) is 5.02 Å². The first-order valence-electron chi connectivity index (χ1n) is 11.6. The first-order chi connectivity index (χ1) is 15.4. The van der Waals surface area contributed by atoms with Crippen LogP contribution in [0.15, 0.2) is 18.2 Å². The molecule has 32 heavy (non-hydrogen) atoms. The number of likely N-dealkylation sites (tertiary alicyclic amines) is 1. The zero-order valence-electron chi connectivity index (χ0n) is 18.9. The van der Waals surface area contributed by atoms with Crippen LogP contribution in [0.4, 0.5) is 5.69 Å². The van der Waals surface area contributed by atoms with Crippen molar-refractivity contribution in [3.05, 3.63) is 28.8 Å². The highest BCUT2D eigenvalue weighted by Crippen LogP contribution is 2.43. The summed E-state index contributed by atoms with van der Waals surface area (Å²) in [5.74, 6) is 1.01. The van der Waals surface area contributed by atoms with Crippen molar-refractivity contribution in [1.82, 2.24) is 9.80 Å². The van der Waals surface area contributed by atoms with Crippen LogP contribution in [0.25, 0.3) is 0 Å². The lowest BCUT2D eigenvalue weighted by molar-refractivity contribution is -0.123. The predicted molar refractivity (Wildman–Crippen MR) is 125 cm³/mol. The number of fused-ring (bicyclic) bond motifs is 4. The number of piperidine rings is 3. The molecule has 3 aliphatic rings. The van der Waals surface area contributed by atoms with E-state index in [1.165, 1.54) is 52.0 Å². The van der Waals surface area contributed by atoms with Gasteiger partial charge in [0, 0.05) is 37.8 Å². The summed E-state index contributed by atoms with van der Waals surface area (Å²) in [4.78, 5) is 37.8. The highest BCUT2D eigenvalue weighted by molar-refractivity contribution is 6.34. The molecule has 0 aliphatic carbocycles. The van der Waals surface area contributed by atoms with Crippen molar-refractivity contribution in [2.45, 2.75) is 64.5 Å². The van der Waals surface area contributed by atoms with E-state index in [1.807, 2.05) is 4.90 Å². The number of benzene rings is 1. The molecule has 4 rings (SSSR count). The number of nitrogens with zero attached hydrogens (tertiary/aromatic N) is 2. The molecule has 3 aliphatic heterocycles. The molecular formula is C24H34ClN3O4. The van der Waals surface area contributed by atoms with Gasteiger partial charge in [-0.25, -0.2) is 0 Å². The molecule has 0 radical (unpaired) electrons. The molecule has 2 amide bonds. The Morgan fingerprint density at radius 3 is 2.62 bits per heavy atom. The van der Waals surface area contributed by atoms with Gasteiger partial charge in [0.15, 0.2) is 0 Å². The lowest BCUT2D eigenvalue weighted by Crippen LogP contribution is -2.64. The van der Waals surface area contributed by atoms with Crippen molar-refractivity contribution < 1.29 is 19.5 Å². The van der Waals surface area contributed by atoms with Crippen molar-refractivity contribution in [3.8, 4) is 0 Å². The minimum atomic E-state index is -0.250. The highest BCUT2D eigenvalue weighted by atomic mass is 35.5. The molecule has 0 unspecified atom stereocenters. The van der Waals surface area contributed by atoms with Gasteiger partial charge < -0.3 is 15.3 Å². The number of anilines is 1. The Kier molecular flexibility index (Phi) is 8.54. The van der Waals surface area contributed by atoms with E-state index >= 15 is 0 Å². The van der Waals surface area contributed by atoms with Gasteiger partial charge in [0.1, 0.15) is 0 Å². The van der Waals surface area contributed by atoms with Crippen LogP contribution in [-0.4, -0.2) is 64.9 Å². The molecule has 3 fully saturated rings. The first-order valence-corrected chi connectivity index (χ1v) is 12.0. The number of carbonyl (C=O) groups is 3. The van der Waals surface area contributed by atoms with Gasteiger partial charge in [-0.05, 0) is 62.3 Å². The molecule has 0 aromatic heterocycles. The number of rotatable bonds is 4. The molecule has 3 saturated heterocycles. The average Bonchev–Trinajstić information content (AvgIpc) is 2.76. The van der Waals surface area contributed by atoms with E-state index in [9.17, 15) is 9.59 Å². The SMILES string of the molecule is CCC[C@H]1[C@H]2C[C@H](CN(C(=O)c3ccc(NC(C)=O)cc3Cl)C2)[C@@H]2CCCCN21.O=CO. The van der Waals surface area contributed by atoms with Gasteiger partial charge in [-0.2, -0.15) is 0 Å². The number of hydrogen-bond donors (Lipinski definition) is 2. The van der Waals surface area contributed by atoms with E-state index < -0.39 is 0 Å². The number of nitrogens with one attached hydrogen (secondary N) is 1. The second-order valence-corrected chi connectivity index (χ2v) is 9.51. The molecule has 2 N–H and O–H groups in total. The Labute approximate surface area is 195 Å². The monoisotopic (exact) mass is 463 g/mol. The zero-order valence-corrected chi connectivity index (χ0v) is 19.7. The number of amides is 2. The Morgan fingerprint density at radius 1 is 1.25 bits per heavy atom. The van der Waals surface area contributed by atoms with E-state index in [4.69, 9.17) is 21.5 Å². The third-order valence-electron chi connectivity index (χ3n) is 7.01. The summed E-state index contributed by atoms with van der Waals surface area (Å²) in [6.45, 7) is 6.37. The molecule has 7 nitrogen and oxygen atoms in total. The van der Waals surface area contributed by atoms with Crippen molar-refractivity contribution in [1.29, 1.82) is 0 Å². The summed E-state index contributed by atoms with van der Waals surface area (Å²) in [5, 5.41) is 10.0. The largest absolute Gasteiger partial charge is 0.483 e. The summed E-state index contributed by atoms with van der Waals surface area (Å²) in [5.41, 5.74) is 1.16. The van der Waals surface area contributed by atoms with Gasteiger partial charge in [0.25, 0.3) is 12.4 Å². The maximum atomic E-state index is 13.4. The summed E-state index contributed by atoms with van der Waals surface area (Å²) < 4.78 is 0. The smallest absolute Gasteiger partial charge is 0.290 e. The minimum Gasteiger partial charge on any atom is -0.483 e. The standard InChI is InChI=1S/C23H32ClN3O2.CH2O2/c1-3-6-21-16-11-17(22-7-4-5-10-27(21)22)14-26(13-16)23(29)19-9-8-18(12-20(19)24)25-15(2)28;2-1-3/h8-9,12,16-17,21-22H,3-7,10-11,13-14H2,1-2H3,(H,25,28);1H,(H,2,3)/t16-,17+,21-,22-;/m0./s1. The van der Waals surface area contributed by atoms with Gasteiger partial charge >= 0.3 is 0 Å². The first kappa shape index (κ1) is 24.5. The van der Waals surface area contributed by atoms with Gasteiger partial charge in [-0.1, -0.05) is 31.4 Å². The average molecular weight is 464 g/mol. The molecule has 4 atom stereocenters. The summed E-state index contributed by atoms with van der Waals surface area (Å²) in [6, 6.07) is 6.41.